The van der Waals surface area contributed by atoms with Crippen molar-refractivity contribution >= 4 is 38.6 Å². The van der Waals surface area contributed by atoms with Crippen molar-refractivity contribution in [2.45, 2.75) is 24.1 Å². The van der Waals surface area contributed by atoms with Crippen LogP contribution in [0.2, 0.25) is 0 Å². The monoisotopic (exact) mass is 496 g/mol. The van der Waals surface area contributed by atoms with Crippen molar-refractivity contribution in [2.24, 2.45) is 0 Å². The molecule has 176 valence electrons. The van der Waals surface area contributed by atoms with Crippen LogP contribution >= 0.6 is 15.6 Å². The summed E-state index contributed by atoms with van der Waals surface area (Å²) in [5, 5.41) is 10.4. The molecule has 15 nitrogen and oxygen atoms in total. The number of aliphatic hydroxyl groups is 1. The first-order chi connectivity index (χ1) is 14.7. The van der Waals surface area contributed by atoms with Crippen LogP contribution in [0.4, 0.5) is 16.2 Å². The molecule has 0 bridgehead atoms. The van der Waals surface area contributed by atoms with Crippen molar-refractivity contribution in [1.29, 1.82) is 0 Å². The van der Waals surface area contributed by atoms with Gasteiger partial charge in [0, 0.05) is 14.1 Å². The third-order valence-corrected chi connectivity index (χ3v) is 6.53. The molecule has 1 aliphatic heterocycles. The Bertz CT molecular complexity index is 1170. The van der Waals surface area contributed by atoms with E-state index in [1.807, 2.05) is 0 Å². The Morgan fingerprint density at radius 3 is 2.62 bits per heavy atom. The van der Waals surface area contributed by atoms with Crippen LogP contribution in [0.5, 0.6) is 0 Å². The lowest BCUT2D eigenvalue weighted by atomic mass is 9.97. The minimum Gasteiger partial charge on any atom is -0.386 e. The number of hydrogen-bond acceptors (Lipinski definition) is 11. The summed E-state index contributed by atoms with van der Waals surface area (Å²) >= 11 is 0. The number of aliphatic hydroxyl groups excluding tert-OH is 1. The summed E-state index contributed by atoms with van der Waals surface area (Å²) in [6, 6.07) is 0. The topological polar surface area (TPSA) is 216 Å². The van der Waals surface area contributed by atoms with Gasteiger partial charge in [0.15, 0.2) is 23.2 Å². The Morgan fingerprint density at radius 2 is 2.06 bits per heavy atom. The molecule has 0 radical (unpaired) electrons. The summed E-state index contributed by atoms with van der Waals surface area (Å²) in [7, 11) is -7.33. The Labute approximate surface area is 179 Å². The number of rotatable bonds is 7. The second kappa shape index (κ2) is 8.31. The van der Waals surface area contributed by atoms with Crippen molar-refractivity contribution < 1.29 is 46.9 Å². The van der Waals surface area contributed by atoms with Crippen LogP contribution in [-0.4, -0.2) is 77.9 Å². The summed E-state index contributed by atoms with van der Waals surface area (Å²) < 4.78 is 52.6. The number of ether oxygens (including phenoxy) is 1. The van der Waals surface area contributed by atoms with Gasteiger partial charge in [0.05, 0.1) is 12.9 Å². The number of terminal acetylenes is 1. The second-order valence-corrected chi connectivity index (χ2v) is 9.67. The molecule has 1 fully saturated rings. The third kappa shape index (κ3) is 4.62. The number of nitrogens with zero attached hydrogens (tertiary/aromatic N) is 5. The molecule has 6 N–H and O–H groups in total. The van der Waals surface area contributed by atoms with E-state index in [0.29, 0.717) is 5.82 Å². The molecule has 5 atom stereocenters. The first-order valence-corrected chi connectivity index (χ1v) is 11.6. The number of nitrogens with two attached hydrogens (primary N) is 1. The first kappa shape index (κ1) is 24.5. The molecule has 0 amide bonds. The molecule has 1 unspecified atom stereocenters. The molecule has 0 aliphatic carbocycles. The van der Waals surface area contributed by atoms with Gasteiger partial charge < -0.3 is 35.2 Å². The Kier molecular flexibility index (Phi) is 6.35. The fourth-order valence-electron chi connectivity index (χ4n) is 3.04. The van der Waals surface area contributed by atoms with Crippen molar-refractivity contribution in [3.63, 3.8) is 0 Å². The van der Waals surface area contributed by atoms with Crippen LogP contribution in [0.1, 0.15) is 6.23 Å². The molecular formula is C14H19FN6O9P2. The van der Waals surface area contributed by atoms with Crippen LogP contribution in [-0.2, 0) is 22.7 Å². The molecule has 18 heteroatoms. The summed E-state index contributed by atoms with van der Waals surface area (Å²) in [6.07, 6.45) is 0.966. The number of fused-ring (bicyclic) bond motifs is 1. The van der Waals surface area contributed by atoms with Gasteiger partial charge in [-0.1, -0.05) is 5.92 Å². The van der Waals surface area contributed by atoms with Gasteiger partial charge in [-0.05, 0) is 0 Å². The maximum absolute atomic E-state index is 15.6. The van der Waals surface area contributed by atoms with E-state index < -0.39 is 46.4 Å². The maximum atomic E-state index is 15.6. The zero-order chi connectivity index (χ0) is 24.1. The number of phosphoric acid groups is 2. The van der Waals surface area contributed by atoms with Gasteiger partial charge in [0.2, 0.25) is 11.6 Å². The normalized spacial score (nSPS) is 27.9. The predicted molar refractivity (Wildman–Crippen MR) is 106 cm³/mol. The number of halogens is 1. The van der Waals surface area contributed by atoms with E-state index in [-0.39, 0.29) is 17.1 Å². The van der Waals surface area contributed by atoms with Gasteiger partial charge in [0.25, 0.3) is 0 Å². The molecular weight excluding hydrogens is 477 g/mol. The molecule has 0 saturated carbocycles. The van der Waals surface area contributed by atoms with E-state index >= 15 is 4.39 Å². The molecule has 1 saturated heterocycles. The first-order valence-electron chi connectivity index (χ1n) is 8.60. The van der Waals surface area contributed by atoms with E-state index in [2.05, 4.69) is 23.8 Å². The van der Waals surface area contributed by atoms with Crippen LogP contribution < -0.4 is 10.6 Å². The highest BCUT2D eigenvalue weighted by molar-refractivity contribution is 7.60. The van der Waals surface area contributed by atoms with Crippen molar-refractivity contribution in [2.75, 3.05) is 31.3 Å². The standard InChI is InChI=1S/C14H19FN6O9P2/c1-4-14(15)9(22)7(5-28-32(26,27)30-31(23,24)25)29-12(14)21-6-17-8-10(20(2)3)18-13(16)19-11(8)21/h1,6-7,9,12,22H,5H2,2-3H3,(H,26,27)(H2,16,18,19)(H2,23,24,25)/t7-,9-,12-,14-/m1/s1. The van der Waals surface area contributed by atoms with E-state index in [4.69, 9.17) is 26.7 Å². The van der Waals surface area contributed by atoms with Crippen LogP contribution in [0.15, 0.2) is 6.33 Å². The fourth-order valence-corrected chi connectivity index (χ4v) is 4.64. The molecule has 32 heavy (non-hydrogen) atoms. The highest BCUT2D eigenvalue weighted by Crippen LogP contribution is 2.58. The zero-order valence-corrected chi connectivity index (χ0v) is 18.3. The molecule has 2 aromatic rings. The van der Waals surface area contributed by atoms with Crippen LogP contribution in [0, 0.1) is 12.3 Å². The number of phosphoric ester groups is 1. The van der Waals surface area contributed by atoms with E-state index in [1.54, 1.807) is 24.9 Å². The number of hydrogen-bond donors (Lipinski definition) is 5. The molecule has 0 spiro atoms. The molecule has 0 aromatic carbocycles. The van der Waals surface area contributed by atoms with Gasteiger partial charge in [-0.2, -0.15) is 14.3 Å². The largest absolute Gasteiger partial charge is 0.481 e. The predicted octanol–water partition coefficient (Wildman–Crippen LogP) is -0.699. The third-order valence-electron chi connectivity index (χ3n) is 4.37. The highest BCUT2D eigenvalue weighted by Gasteiger charge is 2.58. The number of aromatic nitrogens is 4. The minimum absolute atomic E-state index is 0.0231. The average molecular weight is 496 g/mol. The summed E-state index contributed by atoms with van der Waals surface area (Å²) in [6.45, 7) is -1.01. The number of anilines is 2. The lowest BCUT2D eigenvalue weighted by Gasteiger charge is -2.23. The van der Waals surface area contributed by atoms with Gasteiger partial charge in [-0.15, -0.1) is 6.42 Å². The summed E-state index contributed by atoms with van der Waals surface area (Å²) in [5.41, 5.74) is 3.08. The lowest BCUT2D eigenvalue weighted by Crippen LogP contribution is -2.42. The Hall–Kier alpha value is -2.18. The molecule has 1 aliphatic rings. The molecule has 3 rings (SSSR count). The Balaban J connectivity index is 1.94. The zero-order valence-electron chi connectivity index (χ0n) is 16.5. The van der Waals surface area contributed by atoms with E-state index in [1.165, 1.54) is 0 Å². The van der Waals surface area contributed by atoms with Gasteiger partial charge in [-0.3, -0.25) is 9.09 Å². The second-order valence-electron chi connectivity index (χ2n) is 6.84. The number of nitrogen functional groups attached to an aromatic ring is 1. The quantitative estimate of drug-likeness (QED) is 0.237. The van der Waals surface area contributed by atoms with E-state index in [9.17, 15) is 19.1 Å². The lowest BCUT2D eigenvalue weighted by molar-refractivity contribution is -0.0496. The van der Waals surface area contributed by atoms with Crippen molar-refractivity contribution in [3.05, 3.63) is 6.33 Å². The smallest absolute Gasteiger partial charge is 0.386 e. The maximum Gasteiger partial charge on any atom is 0.481 e. The highest BCUT2D eigenvalue weighted by atomic mass is 31.3. The Morgan fingerprint density at radius 1 is 1.41 bits per heavy atom. The van der Waals surface area contributed by atoms with Gasteiger partial charge in [-0.25, -0.2) is 18.5 Å². The fraction of sp³-hybridized carbons (Fsp3) is 0.500. The van der Waals surface area contributed by atoms with Crippen molar-refractivity contribution in [3.8, 4) is 12.3 Å². The summed E-state index contributed by atoms with van der Waals surface area (Å²) in [5.74, 6) is 1.94. The van der Waals surface area contributed by atoms with E-state index in [0.717, 1.165) is 10.9 Å². The minimum atomic E-state index is -5.38. The molecule has 3 heterocycles. The average Bonchev–Trinajstić information content (AvgIpc) is 3.17. The van der Waals surface area contributed by atoms with Crippen molar-refractivity contribution in [1.82, 2.24) is 19.5 Å². The van der Waals surface area contributed by atoms with Gasteiger partial charge in [0.1, 0.15) is 12.2 Å². The van der Waals surface area contributed by atoms with Crippen LogP contribution in [0.3, 0.4) is 0 Å². The summed E-state index contributed by atoms with van der Waals surface area (Å²) in [4.78, 5) is 40.4. The molecule has 2 aromatic heterocycles. The number of alkyl halides is 1. The number of imidazole rings is 1. The SMILES string of the molecule is C#C[C@@]1(F)[C@H](O)[C@@H](COP(=O)(O)OP(=O)(O)O)O[C@H]1n1cnc2c(N(C)C)nc(N)nc21. The van der Waals surface area contributed by atoms with Crippen LogP contribution in [0.25, 0.3) is 11.2 Å². The van der Waals surface area contributed by atoms with Gasteiger partial charge >= 0.3 is 15.6 Å².